The largest absolute Gasteiger partial charge is 0.439 e. The van der Waals surface area contributed by atoms with Crippen LogP contribution in [0.25, 0.3) is 0 Å². The minimum Gasteiger partial charge on any atom is -0.439 e. The fourth-order valence-corrected chi connectivity index (χ4v) is 3.29. The summed E-state index contributed by atoms with van der Waals surface area (Å²) in [7, 11) is -3.42. The summed E-state index contributed by atoms with van der Waals surface area (Å²) in [6, 6.07) is 15.5. The van der Waals surface area contributed by atoms with E-state index in [4.69, 9.17) is 4.74 Å². The van der Waals surface area contributed by atoms with E-state index in [1.807, 2.05) is 12.1 Å². The van der Waals surface area contributed by atoms with Crippen molar-refractivity contribution in [3.63, 3.8) is 0 Å². The molecule has 9 heteroatoms. The van der Waals surface area contributed by atoms with Gasteiger partial charge in [-0.1, -0.05) is 22.0 Å². The average Bonchev–Trinajstić information content (AvgIpc) is 2.66. The normalized spacial score (nSPS) is 11.0. The number of carbonyl (C=O) groups excluding carboxylic acids is 1. The number of hydrogen-bond acceptors (Lipinski definition) is 5. The van der Waals surface area contributed by atoms with Gasteiger partial charge in [-0.25, -0.2) is 13.4 Å². The lowest BCUT2D eigenvalue weighted by Crippen LogP contribution is -2.14. The molecule has 29 heavy (non-hydrogen) atoms. The minimum absolute atomic E-state index is 0.339. The Balaban J connectivity index is 1.69. The van der Waals surface area contributed by atoms with Crippen LogP contribution in [0.1, 0.15) is 15.9 Å². The Labute approximate surface area is 177 Å². The van der Waals surface area contributed by atoms with Crippen molar-refractivity contribution in [2.45, 2.75) is 6.92 Å². The first kappa shape index (κ1) is 20.8. The highest BCUT2D eigenvalue weighted by Crippen LogP contribution is 2.23. The SMILES string of the molecule is Cc1ccc(NC(=O)c2ccc(Oc3ccc(Br)cc3)nc2)cc1NS(C)(=O)=O. The molecule has 7 nitrogen and oxygen atoms in total. The van der Waals surface area contributed by atoms with Crippen molar-refractivity contribution in [2.75, 3.05) is 16.3 Å². The average molecular weight is 476 g/mol. The van der Waals surface area contributed by atoms with Crippen molar-refractivity contribution in [2.24, 2.45) is 0 Å². The van der Waals surface area contributed by atoms with E-state index in [9.17, 15) is 13.2 Å². The third kappa shape index (κ3) is 6.03. The Morgan fingerprint density at radius 3 is 2.41 bits per heavy atom. The molecule has 0 fully saturated rings. The Bertz CT molecular complexity index is 1130. The van der Waals surface area contributed by atoms with Crippen molar-refractivity contribution in [1.29, 1.82) is 0 Å². The predicted octanol–water partition coefficient (Wildman–Crippen LogP) is 4.57. The number of nitrogens with one attached hydrogen (secondary N) is 2. The van der Waals surface area contributed by atoms with Crippen LogP contribution in [0.4, 0.5) is 11.4 Å². The van der Waals surface area contributed by atoms with Crippen molar-refractivity contribution in [3.8, 4) is 11.6 Å². The summed E-state index contributed by atoms with van der Waals surface area (Å²) in [5, 5.41) is 2.73. The van der Waals surface area contributed by atoms with Gasteiger partial charge in [0.2, 0.25) is 15.9 Å². The Hall–Kier alpha value is -2.91. The van der Waals surface area contributed by atoms with Gasteiger partial charge in [0.25, 0.3) is 5.91 Å². The number of ether oxygens (including phenoxy) is 1. The van der Waals surface area contributed by atoms with E-state index >= 15 is 0 Å². The number of rotatable bonds is 6. The lowest BCUT2D eigenvalue weighted by molar-refractivity contribution is 0.102. The molecule has 1 amide bonds. The minimum atomic E-state index is -3.42. The number of pyridine rings is 1. The number of carbonyl (C=O) groups is 1. The van der Waals surface area contributed by atoms with Crippen LogP contribution in [0.3, 0.4) is 0 Å². The number of aromatic nitrogens is 1. The number of amides is 1. The third-order valence-corrected chi connectivity index (χ3v) is 4.94. The zero-order chi connectivity index (χ0) is 21.0. The molecule has 0 aliphatic heterocycles. The second-order valence-corrected chi connectivity index (χ2v) is 8.96. The summed E-state index contributed by atoms with van der Waals surface area (Å²) < 4.78 is 31.9. The van der Waals surface area contributed by atoms with Gasteiger partial charge in [0, 0.05) is 22.4 Å². The number of hydrogen-bond donors (Lipinski definition) is 2. The second-order valence-electron chi connectivity index (χ2n) is 6.30. The van der Waals surface area contributed by atoms with Gasteiger partial charge in [0.1, 0.15) is 5.75 Å². The molecule has 0 unspecified atom stereocenters. The van der Waals surface area contributed by atoms with Gasteiger partial charge >= 0.3 is 0 Å². The first-order valence-electron chi connectivity index (χ1n) is 8.49. The summed E-state index contributed by atoms with van der Waals surface area (Å²) in [6.07, 6.45) is 2.48. The summed E-state index contributed by atoms with van der Waals surface area (Å²) >= 11 is 3.36. The molecule has 0 aliphatic carbocycles. The molecule has 1 aromatic heterocycles. The van der Waals surface area contributed by atoms with Crippen LogP contribution in [0.2, 0.25) is 0 Å². The first-order chi connectivity index (χ1) is 13.7. The van der Waals surface area contributed by atoms with Gasteiger partial charge in [-0.3, -0.25) is 9.52 Å². The number of sulfonamides is 1. The van der Waals surface area contributed by atoms with Gasteiger partial charge in [0.05, 0.1) is 17.5 Å². The maximum Gasteiger partial charge on any atom is 0.257 e. The molecule has 150 valence electrons. The first-order valence-corrected chi connectivity index (χ1v) is 11.2. The van der Waals surface area contributed by atoms with Crippen LogP contribution in [0.5, 0.6) is 11.6 Å². The summed E-state index contributed by atoms with van der Waals surface area (Å²) in [5.74, 6) is 0.615. The molecule has 3 aromatic rings. The molecule has 0 aliphatic rings. The van der Waals surface area contributed by atoms with E-state index in [0.717, 1.165) is 16.3 Å². The van der Waals surface area contributed by atoms with Crippen LogP contribution in [-0.2, 0) is 10.0 Å². The van der Waals surface area contributed by atoms with E-state index in [1.165, 1.54) is 6.20 Å². The van der Waals surface area contributed by atoms with Crippen LogP contribution in [0.15, 0.2) is 65.3 Å². The molecule has 0 radical (unpaired) electrons. The van der Waals surface area contributed by atoms with E-state index in [0.29, 0.717) is 28.6 Å². The Morgan fingerprint density at radius 2 is 1.79 bits per heavy atom. The molecule has 1 heterocycles. The van der Waals surface area contributed by atoms with Gasteiger partial charge in [-0.15, -0.1) is 0 Å². The molecule has 2 N–H and O–H groups in total. The van der Waals surface area contributed by atoms with Crippen molar-refractivity contribution in [3.05, 3.63) is 76.4 Å². The summed E-state index contributed by atoms with van der Waals surface area (Å²) in [5.41, 5.74) is 1.94. The monoisotopic (exact) mass is 475 g/mol. The number of benzene rings is 2. The van der Waals surface area contributed by atoms with Crippen molar-refractivity contribution >= 4 is 43.2 Å². The highest BCUT2D eigenvalue weighted by Gasteiger charge is 2.10. The highest BCUT2D eigenvalue weighted by atomic mass is 79.9. The van der Waals surface area contributed by atoms with E-state index < -0.39 is 10.0 Å². The second kappa shape index (κ2) is 8.62. The summed E-state index contributed by atoms with van der Waals surface area (Å²) in [6.45, 7) is 1.77. The molecule has 2 aromatic carbocycles. The molecular weight excluding hydrogens is 458 g/mol. The molecule has 0 spiro atoms. The van der Waals surface area contributed by atoms with Crippen LogP contribution in [-0.4, -0.2) is 25.6 Å². The maximum atomic E-state index is 12.5. The predicted molar refractivity (Wildman–Crippen MR) is 116 cm³/mol. The topological polar surface area (TPSA) is 97.4 Å². The fourth-order valence-electron chi connectivity index (χ4n) is 2.41. The fraction of sp³-hybridized carbons (Fsp3) is 0.100. The Morgan fingerprint density at radius 1 is 1.07 bits per heavy atom. The Kier molecular flexibility index (Phi) is 6.19. The molecule has 0 atom stereocenters. The van der Waals surface area contributed by atoms with Crippen molar-refractivity contribution in [1.82, 2.24) is 4.98 Å². The molecule has 0 bridgehead atoms. The zero-order valence-corrected chi connectivity index (χ0v) is 18.0. The van der Waals surface area contributed by atoms with Crippen molar-refractivity contribution < 1.29 is 17.9 Å². The lowest BCUT2D eigenvalue weighted by atomic mass is 10.2. The number of nitrogens with zero attached hydrogens (tertiary/aromatic N) is 1. The number of aryl methyl sites for hydroxylation is 1. The molecule has 0 saturated carbocycles. The lowest BCUT2D eigenvalue weighted by Gasteiger charge is -2.11. The highest BCUT2D eigenvalue weighted by molar-refractivity contribution is 9.10. The van der Waals surface area contributed by atoms with Gasteiger partial charge in [-0.2, -0.15) is 0 Å². The molecule has 0 saturated heterocycles. The quantitative estimate of drug-likeness (QED) is 0.544. The van der Waals surface area contributed by atoms with E-state index in [-0.39, 0.29) is 5.91 Å². The number of anilines is 2. The molecule has 3 rings (SSSR count). The van der Waals surface area contributed by atoms with Gasteiger partial charge in [-0.05, 0) is 55.0 Å². The summed E-state index contributed by atoms with van der Waals surface area (Å²) in [4.78, 5) is 16.6. The standard InChI is InChI=1S/C20H18BrN3O4S/c1-13-3-7-16(11-18(13)24-29(2,26)27)23-20(25)14-4-10-19(22-12-14)28-17-8-5-15(21)6-9-17/h3-12,24H,1-2H3,(H,23,25). The van der Waals surface area contributed by atoms with Crippen LogP contribution in [0, 0.1) is 6.92 Å². The van der Waals surface area contributed by atoms with Gasteiger partial charge in [0.15, 0.2) is 0 Å². The maximum absolute atomic E-state index is 12.5. The zero-order valence-electron chi connectivity index (χ0n) is 15.6. The van der Waals surface area contributed by atoms with Crippen LogP contribution < -0.4 is 14.8 Å². The third-order valence-electron chi connectivity index (χ3n) is 3.83. The van der Waals surface area contributed by atoms with Crippen LogP contribution >= 0.6 is 15.9 Å². The molecular formula is C20H18BrN3O4S. The smallest absolute Gasteiger partial charge is 0.257 e. The number of halogens is 1. The van der Waals surface area contributed by atoms with E-state index in [1.54, 1.807) is 49.4 Å². The van der Waals surface area contributed by atoms with E-state index in [2.05, 4.69) is 31.0 Å². The van der Waals surface area contributed by atoms with Gasteiger partial charge < -0.3 is 10.1 Å².